The Morgan fingerprint density at radius 3 is 2.41 bits per heavy atom. The molecule has 1 fully saturated rings. The van der Waals surface area contributed by atoms with Crippen LogP contribution in [0.5, 0.6) is 0 Å². The zero-order chi connectivity index (χ0) is 12.5. The van der Waals surface area contributed by atoms with Gasteiger partial charge in [0.05, 0.1) is 0 Å². The van der Waals surface area contributed by atoms with E-state index in [4.69, 9.17) is 0 Å². The Morgan fingerprint density at radius 1 is 1.24 bits per heavy atom. The van der Waals surface area contributed by atoms with Gasteiger partial charge in [-0.15, -0.1) is 0 Å². The van der Waals surface area contributed by atoms with E-state index in [1.165, 1.54) is 11.1 Å². The van der Waals surface area contributed by atoms with Crippen molar-refractivity contribution in [3.63, 3.8) is 0 Å². The molecule has 0 spiro atoms. The number of Topliss-reactive ketones (excluding diaryl/α,β-unsaturated/α-hetero) is 1. The van der Waals surface area contributed by atoms with E-state index in [9.17, 15) is 4.79 Å². The first-order valence-corrected chi connectivity index (χ1v) is 6.59. The van der Waals surface area contributed by atoms with Crippen molar-refractivity contribution in [2.45, 2.75) is 51.9 Å². The van der Waals surface area contributed by atoms with Gasteiger partial charge in [-0.2, -0.15) is 0 Å². The lowest BCUT2D eigenvalue weighted by atomic mass is 9.76. The summed E-state index contributed by atoms with van der Waals surface area (Å²) in [6.07, 6.45) is 3.98. The standard InChI is InChI=1S/C16H22O/c1-12-7-9-14(10-8-12)16(2,3)11-13-5-4-6-15(13)17/h7-10,13H,4-6,11H2,1-3H3. The van der Waals surface area contributed by atoms with Gasteiger partial charge in [0.1, 0.15) is 5.78 Å². The summed E-state index contributed by atoms with van der Waals surface area (Å²) in [4.78, 5) is 11.7. The molecule has 92 valence electrons. The van der Waals surface area contributed by atoms with Gasteiger partial charge in [-0.05, 0) is 37.2 Å². The smallest absolute Gasteiger partial charge is 0.136 e. The molecule has 0 heterocycles. The molecule has 0 N–H and O–H groups in total. The molecular weight excluding hydrogens is 208 g/mol. The minimum atomic E-state index is 0.109. The van der Waals surface area contributed by atoms with Crippen molar-refractivity contribution in [2.75, 3.05) is 0 Å². The van der Waals surface area contributed by atoms with E-state index < -0.39 is 0 Å². The lowest BCUT2D eigenvalue weighted by Gasteiger charge is -2.28. The van der Waals surface area contributed by atoms with Crippen LogP contribution in [0.3, 0.4) is 0 Å². The molecule has 1 aromatic rings. The van der Waals surface area contributed by atoms with Crippen LogP contribution in [0.1, 0.15) is 50.7 Å². The van der Waals surface area contributed by atoms with Crippen molar-refractivity contribution in [3.8, 4) is 0 Å². The van der Waals surface area contributed by atoms with Crippen LogP contribution in [0.15, 0.2) is 24.3 Å². The van der Waals surface area contributed by atoms with Crippen LogP contribution in [0.2, 0.25) is 0 Å². The van der Waals surface area contributed by atoms with Crippen LogP contribution in [-0.2, 0) is 10.2 Å². The number of ketones is 1. The van der Waals surface area contributed by atoms with Crippen LogP contribution in [0.4, 0.5) is 0 Å². The van der Waals surface area contributed by atoms with Gasteiger partial charge in [0.2, 0.25) is 0 Å². The van der Waals surface area contributed by atoms with E-state index in [1.807, 2.05) is 0 Å². The van der Waals surface area contributed by atoms with E-state index in [0.717, 1.165) is 25.7 Å². The molecule has 1 saturated carbocycles. The first-order chi connectivity index (χ1) is 7.99. The van der Waals surface area contributed by atoms with Crippen LogP contribution in [0, 0.1) is 12.8 Å². The minimum Gasteiger partial charge on any atom is -0.299 e. The zero-order valence-corrected chi connectivity index (χ0v) is 11.1. The fourth-order valence-corrected chi connectivity index (χ4v) is 2.84. The number of benzene rings is 1. The van der Waals surface area contributed by atoms with Crippen molar-refractivity contribution in [1.82, 2.24) is 0 Å². The van der Waals surface area contributed by atoms with Crippen molar-refractivity contribution < 1.29 is 4.79 Å². The van der Waals surface area contributed by atoms with Crippen LogP contribution < -0.4 is 0 Å². The summed E-state index contributed by atoms with van der Waals surface area (Å²) in [6.45, 7) is 6.61. The SMILES string of the molecule is Cc1ccc(C(C)(C)CC2CCCC2=O)cc1. The van der Waals surface area contributed by atoms with Crippen molar-refractivity contribution in [3.05, 3.63) is 35.4 Å². The molecule has 0 aliphatic heterocycles. The fraction of sp³-hybridized carbons (Fsp3) is 0.562. The topological polar surface area (TPSA) is 17.1 Å². The molecule has 0 aromatic heterocycles. The Bertz CT molecular complexity index is 400. The summed E-state index contributed by atoms with van der Waals surface area (Å²) < 4.78 is 0. The molecule has 1 unspecified atom stereocenters. The third kappa shape index (κ3) is 2.77. The predicted octanol–water partition coefficient (Wildman–Crippen LogP) is 4.03. The second-order valence-electron chi connectivity index (χ2n) is 6.01. The van der Waals surface area contributed by atoms with Gasteiger partial charge in [-0.25, -0.2) is 0 Å². The number of aryl methyl sites for hydroxylation is 1. The molecule has 0 amide bonds. The third-order valence-electron chi connectivity index (χ3n) is 4.02. The molecule has 2 rings (SSSR count). The largest absolute Gasteiger partial charge is 0.299 e. The van der Waals surface area contributed by atoms with Gasteiger partial charge >= 0.3 is 0 Å². The Labute approximate surface area is 104 Å². The normalized spacial score (nSPS) is 20.9. The monoisotopic (exact) mass is 230 g/mol. The summed E-state index contributed by atoms with van der Waals surface area (Å²) in [5.41, 5.74) is 2.75. The maximum Gasteiger partial charge on any atom is 0.136 e. The molecule has 1 aliphatic rings. The number of carbonyl (C=O) groups is 1. The van der Waals surface area contributed by atoms with Gasteiger partial charge in [0, 0.05) is 12.3 Å². The maximum absolute atomic E-state index is 11.7. The Hall–Kier alpha value is -1.11. The first kappa shape index (κ1) is 12.3. The molecule has 1 atom stereocenters. The molecule has 1 aromatic carbocycles. The zero-order valence-electron chi connectivity index (χ0n) is 11.1. The van der Waals surface area contributed by atoms with Gasteiger partial charge in [-0.1, -0.05) is 43.7 Å². The molecule has 0 radical (unpaired) electrons. The minimum absolute atomic E-state index is 0.109. The highest BCUT2D eigenvalue weighted by Crippen LogP contribution is 2.36. The summed E-state index contributed by atoms with van der Waals surface area (Å²) >= 11 is 0. The van der Waals surface area contributed by atoms with Gasteiger partial charge in [0.15, 0.2) is 0 Å². The van der Waals surface area contributed by atoms with Gasteiger partial charge in [-0.3, -0.25) is 4.79 Å². The van der Waals surface area contributed by atoms with E-state index in [0.29, 0.717) is 11.7 Å². The molecule has 0 bridgehead atoms. The number of hydrogen-bond donors (Lipinski definition) is 0. The quantitative estimate of drug-likeness (QED) is 0.766. The summed E-state index contributed by atoms with van der Waals surface area (Å²) in [6, 6.07) is 8.73. The van der Waals surface area contributed by atoms with E-state index in [2.05, 4.69) is 45.0 Å². The highest BCUT2D eigenvalue weighted by Gasteiger charge is 2.31. The molecule has 1 aliphatic carbocycles. The van der Waals surface area contributed by atoms with E-state index in [-0.39, 0.29) is 5.41 Å². The number of carbonyl (C=O) groups excluding carboxylic acids is 1. The number of hydrogen-bond acceptors (Lipinski definition) is 1. The third-order valence-corrected chi connectivity index (χ3v) is 4.02. The molecule has 17 heavy (non-hydrogen) atoms. The molecule has 0 saturated heterocycles. The maximum atomic E-state index is 11.7. The molecular formula is C16H22O. The molecule has 1 heteroatoms. The highest BCUT2D eigenvalue weighted by atomic mass is 16.1. The van der Waals surface area contributed by atoms with E-state index in [1.54, 1.807) is 0 Å². The predicted molar refractivity (Wildman–Crippen MR) is 71.2 cm³/mol. The van der Waals surface area contributed by atoms with Gasteiger partial charge in [0.25, 0.3) is 0 Å². The second kappa shape index (κ2) is 4.64. The summed E-state index contributed by atoms with van der Waals surface area (Å²) in [7, 11) is 0. The first-order valence-electron chi connectivity index (χ1n) is 6.59. The lowest BCUT2D eigenvalue weighted by molar-refractivity contribution is -0.121. The average molecular weight is 230 g/mol. The van der Waals surface area contributed by atoms with Crippen molar-refractivity contribution in [2.24, 2.45) is 5.92 Å². The average Bonchev–Trinajstić information content (AvgIpc) is 2.64. The Balaban J connectivity index is 2.12. The summed E-state index contributed by atoms with van der Waals surface area (Å²) in [5, 5.41) is 0. The van der Waals surface area contributed by atoms with Gasteiger partial charge < -0.3 is 0 Å². The Morgan fingerprint density at radius 2 is 1.88 bits per heavy atom. The second-order valence-corrected chi connectivity index (χ2v) is 6.01. The lowest BCUT2D eigenvalue weighted by Crippen LogP contribution is -2.23. The van der Waals surface area contributed by atoms with E-state index >= 15 is 0 Å². The summed E-state index contributed by atoms with van der Waals surface area (Å²) in [5.74, 6) is 0.775. The van der Waals surface area contributed by atoms with Crippen LogP contribution in [0.25, 0.3) is 0 Å². The van der Waals surface area contributed by atoms with Crippen molar-refractivity contribution in [1.29, 1.82) is 0 Å². The highest BCUT2D eigenvalue weighted by molar-refractivity contribution is 5.82. The van der Waals surface area contributed by atoms with Crippen LogP contribution in [-0.4, -0.2) is 5.78 Å². The van der Waals surface area contributed by atoms with Crippen LogP contribution >= 0.6 is 0 Å². The Kier molecular flexibility index (Phi) is 3.37. The fourth-order valence-electron chi connectivity index (χ4n) is 2.84. The van der Waals surface area contributed by atoms with Crippen molar-refractivity contribution >= 4 is 5.78 Å². The number of rotatable bonds is 3. The molecule has 1 nitrogen and oxygen atoms in total.